The van der Waals surface area contributed by atoms with Gasteiger partial charge in [-0.2, -0.15) is 13.2 Å². The molecule has 4 aromatic carbocycles. The van der Waals surface area contributed by atoms with Gasteiger partial charge in [0.25, 0.3) is 7.49 Å². The Morgan fingerprint density at radius 1 is 0.657 bits per heavy atom. The average molecular weight is 560 g/mol. The van der Waals surface area contributed by atoms with E-state index in [0.717, 1.165) is 0 Å². The zero-order valence-electron chi connectivity index (χ0n) is 18.7. The van der Waals surface area contributed by atoms with Crippen molar-refractivity contribution >= 4 is 35.0 Å². The first-order valence-corrected chi connectivity index (χ1v) is 12.2. The molecule has 4 rings (SSSR count). The predicted molar refractivity (Wildman–Crippen MR) is 132 cm³/mol. The summed E-state index contributed by atoms with van der Waals surface area (Å²) in [5, 5.41) is 1.96. The molecule has 0 unspecified atom stereocenters. The first-order chi connectivity index (χ1) is 16.4. The lowest BCUT2D eigenvalue weighted by Gasteiger charge is -2.27. The normalized spacial score (nSPS) is 11.9. The van der Waals surface area contributed by atoms with Gasteiger partial charge in [0, 0.05) is 0 Å². The minimum Gasteiger partial charge on any atom is -1.00 e. The highest BCUT2D eigenvalue weighted by molar-refractivity contribution is 7.92. The molecule has 0 saturated carbocycles. The Morgan fingerprint density at radius 3 is 1.40 bits per heavy atom. The van der Waals surface area contributed by atoms with Gasteiger partial charge in [0.05, 0.1) is 12.8 Å². The van der Waals surface area contributed by atoms with Gasteiger partial charge in [-0.1, -0.05) is 54.6 Å². The molecule has 8 heteroatoms. The molecule has 0 atom stereocenters. The molecular weight excluding hydrogens is 538 g/mol. The molecule has 0 N–H and O–H groups in total. The molecule has 0 aliphatic carbocycles. The summed E-state index contributed by atoms with van der Waals surface area (Å²) in [5.41, 5.74) is 0.111. The number of hydrogen-bond donors (Lipinski definition) is 0. The summed E-state index contributed by atoms with van der Waals surface area (Å²) < 4.78 is 54.3. The Morgan fingerprint density at radius 2 is 1.06 bits per heavy atom. The van der Waals surface area contributed by atoms with Crippen LogP contribution in [0.4, 0.5) is 18.9 Å². The molecular formula is C27H22BrF3NO2P. The molecule has 3 nitrogen and oxygen atoms in total. The maximum Gasteiger partial charge on any atom is 0.473 e. The summed E-state index contributed by atoms with van der Waals surface area (Å²) in [5.74, 6) is -0.782. The van der Waals surface area contributed by atoms with Crippen LogP contribution >= 0.6 is 7.49 Å². The Balaban J connectivity index is 0.00000342. The molecule has 0 heterocycles. The van der Waals surface area contributed by atoms with E-state index in [2.05, 4.69) is 4.99 Å². The van der Waals surface area contributed by atoms with Crippen LogP contribution < -0.4 is 37.6 Å². The van der Waals surface area contributed by atoms with Crippen molar-refractivity contribution in [3.63, 3.8) is 0 Å². The van der Waals surface area contributed by atoms with Crippen molar-refractivity contribution in [2.75, 3.05) is 7.11 Å². The van der Waals surface area contributed by atoms with Crippen molar-refractivity contribution < 1.29 is 39.4 Å². The lowest BCUT2D eigenvalue weighted by molar-refractivity contribution is -0.0703. The minimum atomic E-state index is -4.82. The smallest absolute Gasteiger partial charge is 0.473 e. The van der Waals surface area contributed by atoms with E-state index in [4.69, 9.17) is 9.26 Å². The van der Waals surface area contributed by atoms with Crippen molar-refractivity contribution in [1.82, 2.24) is 0 Å². The van der Waals surface area contributed by atoms with E-state index in [1.54, 1.807) is 84.9 Å². The number of methoxy groups -OCH3 is 1. The Labute approximate surface area is 213 Å². The van der Waals surface area contributed by atoms with Crippen LogP contribution in [0.2, 0.25) is 0 Å². The summed E-state index contributed by atoms with van der Waals surface area (Å²) in [7, 11) is -1.75. The summed E-state index contributed by atoms with van der Waals surface area (Å²) >= 11 is 0. The zero-order valence-corrected chi connectivity index (χ0v) is 21.2. The Hall–Kier alpha value is -3.15. The van der Waals surface area contributed by atoms with E-state index in [1.807, 2.05) is 18.2 Å². The fourth-order valence-corrected chi connectivity index (χ4v) is 6.95. The van der Waals surface area contributed by atoms with Gasteiger partial charge in [-0.3, -0.25) is 0 Å². The van der Waals surface area contributed by atoms with Crippen LogP contribution in [0.15, 0.2) is 120 Å². The highest BCUT2D eigenvalue weighted by atomic mass is 79.9. The van der Waals surface area contributed by atoms with Crippen molar-refractivity contribution in [3.05, 3.63) is 115 Å². The monoisotopic (exact) mass is 559 g/mol. The molecule has 35 heavy (non-hydrogen) atoms. The number of alkyl halides is 3. The van der Waals surface area contributed by atoms with Gasteiger partial charge in [0.2, 0.25) is 0 Å². The number of benzene rings is 4. The Bertz CT molecular complexity index is 1140. The van der Waals surface area contributed by atoms with Crippen LogP contribution in [0.25, 0.3) is 0 Å². The number of ether oxygens (including phenoxy) is 1. The summed E-state index contributed by atoms with van der Waals surface area (Å²) in [6.45, 7) is 0. The van der Waals surface area contributed by atoms with Crippen LogP contribution in [0, 0.1) is 0 Å². The SMILES string of the molecule is COc1ccc(N=C(O[P+](c2ccccc2)(c2ccccc2)c2ccccc2)C(F)(F)F)cc1.[Br-]. The number of aliphatic imine (C=N–C) groups is 1. The third-order valence-corrected chi connectivity index (χ3v) is 8.65. The number of rotatable bonds is 6. The first kappa shape index (κ1) is 26.5. The molecule has 0 radical (unpaired) electrons. The largest absolute Gasteiger partial charge is 1.00 e. The lowest BCUT2D eigenvalue weighted by Crippen LogP contribution is -3.00. The highest BCUT2D eigenvalue weighted by Gasteiger charge is 2.55. The molecule has 0 amide bonds. The molecule has 0 aliphatic heterocycles. The van der Waals surface area contributed by atoms with Gasteiger partial charge in [-0.25, -0.2) is 4.99 Å². The molecule has 0 aliphatic rings. The molecule has 0 bridgehead atoms. The van der Waals surface area contributed by atoms with Gasteiger partial charge in [-0.15, -0.1) is 0 Å². The minimum absolute atomic E-state index is 0. The maximum atomic E-state index is 14.4. The van der Waals surface area contributed by atoms with Crippen LogP contribution in [0.1, 0.15) is 0 Å². The van der Waals surface area contributed by atoms with E-state index >= 15 is 0 Å². The molecule has 0 fully saturated rings. The van der Waals surface area contributed by atoms with E-state index in [0.29, 0.717) is 21.7 Å². The Kier molecular flexibility index (Phi) is 8.71. The third-order valence-electron chi connectivity index (χ3n) is 5.13. The maximum absolute atomic E-state index is 14.4. The van der Waals surface area contributed by atoms with E-state index < -0.39 is 19.6 Å². The summed E-state index contributed by atoms with van der Waals surface area (Å²) in [6.07, 6.45) is -4.82. The van der Waals surface area contributed by atoms with Gasteiger partial charge >= 0.3 is 12.1 Å². The topological polar surface area (TPSA) is 30.8 Å². The van der Waals surface area contributed by atoms with Crippen LogP contribution in [-0.4, -0.2) is 19.2 Å². The molecule has 0 saturated heterocycles. The molecule has 180 valence electrons. The molecule has 4 aromatic rings. The summed E-state index contributed by atoms with van der Waals surface area (Å²) in [6, 6.07) is 33.1. The second-order valence-corrected chi connectivity index (χ2v) is 10.3. The number of nitrogens with zero attached hydrogens (tertiary/aromatic N) is 1. The van der Waals surface area contributed by atoms with Crippen molar-refractivity contribution in [2.24, 2.45) is 4.99 Å². The van der Waals surface area contributed by atoms with Crippen LogP contribution in [0.3, 0.4) is 0 Å². The molecule has 0 aromatic heterocycles. The van der Waals surface area contributed by atoms with Gasteiger partial charge in [-0.05, 0) is 60.7 Å². The fourth-order valence-electron chi connectivity index (χ4n) is 3.56. The fraction of sp³-hybridized carbons (Fsp3) is 0.0741. The lowest BCUT2D eigenvalue weighted by atomic mass is 10.3. The standard InChI is InChI=1S/C27H22F3NO2P.BrH/c1-32-22-19-17-21(18-20-22)31-26(27(28,29)30)33-34(23-11-5-2-6-12-23,24-13-7-3-8-14-24)25-15-9-4-10-16-25;/h2-20H,1H3;1H/q+1;/p-1. The van der Waals surface area contributed by atoms with E-state index in [-0.39, 0.29) is 22.7 Å². The summed E-state index contributed by atoms with van der Waals surface area (Å²) in [4.78, 5) is 3.91. The average Bonchev–Trinajstić information content (AvgIpc) is 2.88. The zero-order chi connectivity index (χ0) is 24.0. The third kappa shape index (κ3) is 5.92. The van der Waals surface area contributed by atoms with Crippen molar-refractivity contribution in [2.45, 2.75) is 6.18 Å². The highest BCUT2D eigenvalue weighted by Crippen LogP contribution is 2.57. The van der Waals surface area contributed by atoms with Gasteiger partial charge in [0.1, 0.15) is 21.7 Å². The second-order valence-electron chi connectivity index (χ2n) is 7.32. The second kappa shape index (κ2) is 11.5. The van der Waals surface area contributed by atoms with E-state index in [1.165, 1.54) is 19.2 Å². The quantitative estimate of drug-likeness (QED) is 0.206. The van der Waals surface area contributed by atoms with Crippen LogP contribution in [0.5, 0.6) is 5.75 Å². The van der Waals surface area contributed by atoms with Crippen LogP contribution in [-0.2, 0) is 4.52 Å². The van der Waals surface area contributed by atoms with Gasteiger partial charge < -0.3 is 26.2 Å². The number of hydrogen-bond acceptors (Lipinski definition) is 3. The van der Waals surface area contributed by atoms with Crippen molar-refractivity contribution in [3.8, 4) is 5.75 Å². The number of halogens is 4. The first-order valence-electron chi connectivity index (χ1n) is 10.5. The van der Waals surface area contributed by atoms with Gasteiger partial charge in [0.15, 0.2) is 0 Å². The van der Waals surface area contributed by atoms with Crippen molar-refractivity contribution in [1.29, 1.82) is 0 Å². The van der Waals surface area contributed by atoms with E-state index in [9.17, 15) is 13.2 Å². The molecule has 0 spiro atoms. The predicted octanol–water partition coefficient (Wildman–Crippen LogP) is 3.22.